The second-order valence-electron chi connectivity index (χ2n) is 18.7. The standard InChI is InChI=1S/C60H54ClFN5O11PS/c1-3-47-49(37-53(75-47)67-35-33-51(65-59(67)71)64-57(70)40-20-10-5-11-21-40)77-79(72,76-48-27-17-16-26-46(48)61)78-55-50(80-58(54(55)62)66-34-32-44(36-52(66)68)63-56(69)39-18-8-4-9-19-39)38-74-60(41-22-12-6-13-23-41,42-24-14-7-15-25-42)43-28-30-45(73-2)31-29-43/h4-36,47,49-50,53-55,58H,3,37-38H2,1-2H3,(H,63,69)(H,64,65,70,71)/t47-,49+,50-,53-,54+,55-,58-,79?/m1/s1. The van der Waals surface area contributed by atoms with Gasteiger partial charge in [0.25, 0.3) is 17.4 Å². The van der Waals surface area contributed by atoms with E-state index in [0.717, 1.165) is 22.9 Å². The van der Waals surface area contributed by atoms with Crippen LogP contribution in [0, 0.1) is 0 Å². The highest BCUT2D eigenvalue weighted by molar-refractivity contribution is 8.00. The number of rotatable bonds is 20. The fourth-order valence-electron chi connectivity index (χ4n) is 9.72. The van der Waals surface area contributed by atoms with E-state index in [1.807, 2.05) is 84.9 Å². The summed E-state index contributed by atoms with van der Waals surface area (Å²) in [7, 11) is -3.51. The van der Waals surface area contributed by atoms with Crippen LogP contribution in [-0.4, -0.2) is 69.4 Å². The Morgan fingerprint density at radius 2 is 1.32 bits per heavy atom. The number of carbonyl (C=O) groups is 2. The second-order valence-corrected chi connectivity index (χ2v) is 22.0. The third kappa shape index (κ3) is 12.2. The first-order valence-electron chi connectivity index (χ1n) is 25.6. The average Bonchev–Trinajstić information content (AvgIpc) is 4.07. The van der Waals surface area contributed by atoms with E-state index in [4.69, 9.17) is 39.4 Å². The Morgan fingerprint density at radius 3 is 1.91 bits per heavy atom. The highest BCUT2D eigenvalue weighted by Gasteiger charge is 2.54. The van der Waals surface area contributed by atoms with Crippen molar-refractivity contribution >= 4 is 54.5 Å². The normalized spacial score (nSPS) is 20.6. The summed E-state index contributed by atoms with van der Waals surface area (Å²) in [5, 5.41) is 3.03. The van der Waals surface area contributed by atoms with Crippen molar-refractivity contribution in [1.82, 2.24) is 14.1 Å². The summed E-state index contributed by atoms with van der Waals surface area (Å²) in [5.74, 6) is -0.397. The number of methoxy groups -OCH3 is 1. The quantitative estimate of drug-likeness (QED) is 0.0542. The van der Waals surface area contributed by atoms with E-state index in [0.29, 0.717) is 28.9 Å². The molecule has 0 aliphatic carbocycles. The molecule has 6 aromatic carbocycles. The van der Waals surface area contributed by atoms with Crippen molar-refractivity contribution < 1.29 is 46.3 Å². The summed E-state index contributed by atoms with van der Waals surface area (Å²) in [6.07, 6.45) is -3.70. The Labute approximate surface area is 469 Å². The van der Waals surface area contributed by atoms with Gasteiger partial charge in [0.05, 0.1) is 30.1 Å². The van der Waals surface area contributed by atoms with E-state index in [2.05, 4.69) is 15.6 Å². The van der Waals surface area contributed by atoms with Gasteiger partial charge in [0.2, 0.25) is 0 Å². The lowest BCUT2D eigenvalue weighted by atomic mass is 9.80. The van der Waals surface area contributed by atoms with Crippen LogP contribution in [0.25, 0.3) is 0 Å². The number of para-hydroxylation sites is 1. The maximum absolute atomic E-state index is 18.1. The van der Waals surface area contributed by atoms with Crippen molar-refractivity contribution in [2.45, 2.75) is 66.7 Å². The number of aromatic nitrogens is 3. The zero-order valence-corrected chi connectivity index (χ0v) is 45.6. The lowest BCUT2D eigenvalue weighted by Crippen LogP contribution is -2.39. The Kier molecular flexibility index (Phi) is 17.2. The minimum Gasteiger partial charge on any atom is -0.497 e. The van der Waals surface area contributed by atoms with Gasteiger partial charge in [-0.3, -0.25) is 32.6 Å². The second kappa shape index (κ2) is 24.8. The Bertz CT molecular complexity index is 3570. The first-order chi connectivity index (χ1) is 38.8. The van der Waals surface area contributed by atoms with Crippen molar-refractivity contribution in [2.24, 2.45) is 0 Å². The van der Waals surface area contributed by atoms with Crippen LogP contribution in [0.4, 0.5) is 15.9 Å². The van der Waals surface area contributed by atoms with Gasteiger partial charge in [0, 0.05) is 41.7 Å². The number of nitrogens with zero attached hydrogens (tertiary/aromatic N) is 3. The molecule has 1 unspecified atom stereocenters. The molecule has 2 aliphatic heterocycles. The van der Waals surface area contributed by atoms with Gasteiger partial charge in [-0.25, -0.2) is 13.8 Å². The molecule has 410 valence electrons. The van der Waals surface area contributed by atoms with Gasteiger partial charge in [-0.05, 0) is 83.8 Å². The average molecular weight is 1140 g/mol. The molecule has 10 rings (SSSR count). The molecule has 16 nitrogen and oxygen atoms in total. The van der Waals surface area contributed by atoms with Gasteiger partial charge in [-0.15, -0.1) is 11.8 Å². The number of hydrogen-bond donors (Lipinski definition) is 2. The van der Waals surface area contributed by atoms with Crippen LogP contribution in [0.2, 0.25) is 5.02 Å². The summed E-state index contributed by atoms with van der Waals surface area (Å²) < 4.78 is 74.7. The Morgan fingerprint density at radius 1 is 0.750 bits per heavy atom. The van der Waals surface area contributed by atoms with Crippen LogP contribution in [0.3, 0.4) is 0 Å². The fourth-order valence-corrected chi connectivity index (χ4v) is 13.2. The highest BCUT2D eigenvalue weighted by Crippen LogP contribution is 2.59. The largest absolute Gasteiger partial charge is 0.530 e. The topological polar surface area (TPSA) is 188 Å². The Hall–Kier alpha value is -7.67. The molecular formula is C60H54ClFN5O11PS. The molecular weight excluding hydrogens is 1080 g/mol. The van der Waals surface area contributed by atoms with Gasteiger partial charge >= 0.3 is 13.5 Å². The van der Waals surface area contributed by atoms with E-state index in [1.165, 1.54) is 51.9 Å². The monoisotopic (exact) mass is 1140 g/mol. The summed E-state index contributed by atoms with van der Waals surface area (Å²) in [5.41, 5.74) is 0.323. The highest BCUT2D eigenvalue weighted by atomic mass is 35.5. The van der Waals surface area contributed by atoms with Gasteiger partial charge in [0.15, 0.2) is 6.17 Å². The molecule has 20 heteroatoms. The molecule has 2 fully saturated rings. The number of benzene rings is 6. The summed E-state index contributed by atoms with van der Waals surface area (Å²) in [4.78, 5) is 57.8. The fraction of sp³-hybridized carbons (Fsp3) is 0.217. The van der Waals surface area contributed by atoms with Crippen molar-refractivity contribution in [1.29, 1.82) is 0 Å². The van der Waals surface area contributed by atoms with Gasteiger partial charge in [0.1, 0.15) is 46.7 Å². The number of anilines is 2. The van der Waals surface area contributed by atoms with Crippen molar-refractivity contribution in [3.63, 3.8) is 0 Å². The lowest BCUT2D eigenvalue weighted by molar-refractivity contribution is -0.0318. The van der Waals surface area contributed by atoms with Crippen molar-refractivity contribution in [3.05, 3.63) is 254 Å². The molecule has 80 heavy (non-hydrogen) atoms. The molecule has 0 saturated carbocycles. The van der Waals surface area contributed by atoms with Crippen molar-refractivity contribution in [2.75, 3.05) is 24.4 Å². The lowest BCUT2D eigenvalue weighted by Gasteiger charge is -2.37. The zero-order chi connectivity index (χ0) is 55.8. The molecule has 8 atom stereocenters. The minimum atomic E-state index is -5.08. The third-order valence-corrected chi connectivity index (χ3v) is 17.0. The van der Waals surface area contributed by atoms with E-state index >= 15 is 8.96 Å². The number of pyridine rings is 1. The molecule has 0 bridgehead atoms. The number of phosphoric acid groups is 1. The zero-order valence-electron chi connectivity index (χ0n) is 43.2. The van der Waals surface area contributed by atoms with Gasteiger partial charge in [-0.2, -0.15) is 4.98 Å². The molecule has 2 saturated heterocycles. The van der Waals surface area contributed by atoms with E-state index in [9.17, 15) is 19.2 Å². The van der Waals surface area contributed by atoms with Crippen LogP contribution in [0.15, 0.2) is 210 Å². The summed E-state index contributed by atoms with van der Waals surface area (Å²) in [6.45, 7) is 1.53. The number of phosphoric ester groups is 1. The van der Waals surface area contributed by atoms with Crippen LogP contribution < -0.4 is 31.1 Å². The molecule has 0 radical (unpaired) electrons. The number of hydrogen-bond acceptors (Lipinski definition) is 13. The number of alkyl halides is 1. The smallest absolute Gasteiger partial charge is 0.497 e. The van der Waals surface area contributed by atoms with Gasteiger partial charge in [-0.1, -0.05) is 140 Å². The summed E-state index contributed by atoms with van der Waals surface area (Å²) >= 11 is 7.67. The SMILES string of the molecule is CC[C@H]1O[C@@H](n2ccc(NC(=O)c3ccccc3)nc2=O)C[C@@H]1OP(=O)(Oc1ccccc1Cl)O[C@H]1[C@H](F)[C@H](n2ccc(NC(=O)c3ccccc3)cc2=O)S[C@@H]1COC(c1ccccc1)(c1ccccc1)c1ccc(OC)cc1. The maximum Gasteiger partial charge on any atom is 0.530 e. The Balaban J connectivity index is 1.00. The maximum atomic E-state index is 18.1. The molecule has 8 aromatic rings. The molecule has 2 aliphatic rings. The van der Waals surface area contributed by atoms with E-state index in [1.54, 1.807) is 86.8 Å². The number of thioether (sulfide) groups is 1. The third-order valence-electron chi connectivity index (χ3n) is 13.7. The van der Waals surface area contributed by atoms with Crippen LogP contribution in [0.1, 0.15) is 68.8 Å². The van der Waals surface area contributed by atoms with E-state index < -0.39 is 77.8 Å². The number of halogens is 2. The van der Waals surface area contributed by atoms with Gasteiger partial charge < -0.3 is 29.4 Å². The number of carbonyl (C=O) groups excluding carboxylic acids is 2. The van der Waals surface area contributed by atoms with Crippen LogP contribution in [-0.2, 0) is 28.7 Å². The predicted molar refractivity (Wildman–Crippen MR) is 303 cm³/mol. The van der Waals surface area contributed by atoms with Crippen molar-refractivity contribution in [3.8, 4) is 11.5 Å². The molecule has 2 aromatic heterocycles. The number of nitrogens with one attached hydrogen (secondary N) is 2. The predicted octanol–water partition coefficient (Wildman–Crippen LogP) is 11.9. The number of amides is 2. The van der Waals surface area contributed by atoms with Crippen LogP contribution in [0.5, 0.6) is 11.5 Å². The van der Waals surface area contributed by atoms with Crippen LogP contribution >= 0.6 is 31.2 Å². The molecule has 2 amide bonds. The molecule has 2 N–H and O–H groups in total. The first-order valence-corrected chi connectivity index (χ1v) is 28.4. The van der Waals surface area contributed by atoms with E-state index in [-0.39, 0.29) is 35.3 Å². The summed E-state index contributed by atoms with van der Waals surface area (Å²) in [6, 6.07) is 53.7. The number of ether oxygens (including phenoxy) is 3. The molecule has 4 heterocycles. The minimum absolute atomic E-state index is 0.0119. The first kappa shape index (κ1) is 55.6. The molecule has 0 spiro atoms.